The van der Waals surface area contributed by atoms with Crippen molar-refractivity contribution in [3.05, 3.63) is 28.8 Å². The third-order valence-electron chi connectivity index (χ3n) is 3.20. The number of aliphatic hydroxyl groups is 1. The number of rotatable bonds is 7. The van der Waals surface area contributed by atoms with Crippen LogP contribution >= 0.6 is 11.6 Å². The van der Waals surface area contributed by atoms with Crippen LogP contribution in [-0.4, -0.2) is 30.3 Å². The minimum atomic E-state index is 0.0542. The maximum atomic E-state index is 9.03. The Morgan fingerprint density at radius 3 is 2.55 bits per heavy atom. The molecule has 0 heterocycles. The van der Waals surface area contributed by atoms with Crippen LogP contribution in [0.25, 0.3) is 0 Å². The molecule has 0 aliphatic carbocycles. The molecule has 0 spiro atoms. The topological polar surface area (TPSA) is 35.5 Å². The highest BCUT2D eigenvalue weighted by Gasteiger charge is 2.15. The summed E-state index contributed by atoms with van der Waals surface area (Å²) in [5, 5.41) is 13.3. The molecule has 20 heavy (non-hydrogen) atoms. The average molecular weight is 299 g/mol. The van der Waals surface area contributed by atoms with Gasteiger partial charge >= 0.3 is 0 Å². The second-order valence-corrected chi connectivity index (χ2v) is 6.41. The Morgan fingerprint density at radius 2 is 2.00 bits per heavy atom. The van der Waals surface area contributed by atoms with Gasteiger partial charge in [0.05, 0.1) is 0 Å². The molecule has 0 radical (unpaired) electrons. The van der Waals surface area contributed by atoms with Crippen molar-refractivity contribution < 1.29 is 5.11 Å². The lowest BCUT2D eigenvalue weighted by molar-refractivity contribution is 0.289. The molecule has 0 amide bonds. The summed E-state index contributed by atoms with van der Waals surface area (Å²) in [6, 6.07) is 6.02. The van der Waals surface area contributed by atoms with Crippen molar-refractivity contribution in [2.75, 3.05) is 24.6 Å². The Morgan fingerprint density at radius 1 is 1.30 bits per heavy atom. The van der Waals surface area contributed by atoms with Gasteiger partial charge < -0.3 is 15.3 Å². The SMILES string of the molecule is CCN(CCCO)c1cccc(Cl)c1CNC(C)(C)C. The van der Waals surface area contributed by atoms with Gasteiger partial charge in [0.25, 0.3) is 0 Å². The molecule has 0 fully saturated rings. The van der Waals surface area contributed by atoms with Gasteiger partial charge in [0, 0.05) is 48.1 Å². The van der Waals surface area contributed by atoms with E-state index in [1.54, 1.807) is 0 Å². The van der Waals surface area contributed by atoms with Crippen LogP contribution in [0, 0.1) is 0 Å². The Balaban J connectivity index is 2.96. The van der Waals surface area contributed by atoms with Crippen molar-refractivity contribution in [3.63, 3.8) is 0 Å². The number of halogens is 1. The van der Waals surface area contributed by atoms with Gasteiger partial charge in [0.1, 0.15) is 0 Å². The van der Waals surface area contributed by atoms with E-state index in [4.69, 9.17) is 16.7 Å². The van der Waals surface area contributed by atoms with Crippen molar-refractivity contribution >= 4 is 17.3 Å². The van der Waals surface area contributed by atoms with Gasteiger partial charge in [-0.1, -0.05) is 17.7 Å². The van der Waals surface area contributed by atoms with Crippen molar-refractivity contribution in [1.82, 2.24) is 5.32 Å². The molecule has 1 aromatic carbocycles. The zero-order valence-electron chi connectivity index (χ0n) is 13.0. The molecular formula is C16H27ClN2O. The summed E-state index contributed by atoms with van der Waals surface area (Å²) in [5.41, 5.74) is 2.34. The summed E-state index contributed by atoms with van der Waals surface area (Å²) in [6.45, 7) is 11.3. The Labute approximate surface area is 127 Å². The van der Waals surface area contributed by atoms with Gasteiger partial charge in [-0.3, -0.25) is 0 Å². The highest BCUT2D eigenvalue weighted by Crippen LogP contribution is 2.28. The molecule has 4 heteroatoms. The number of anilines is 1. The molecule has 0 aliphatic rings. The maximum Gasteiger partial charge on any atom is 0.0471 e. The van der Waals surface area contributed by atoms with E-state index in [2.05, 4.69) is 44.0 Å². The standard InChI is InChI=1S/C16H27ClN2O/c1-5-19(10-7-11-20)15-9-6-8-14(17)13(15)12-18-16(2,3)4/h6,8-9,18,20H,5,7,10-12H2,1-4H3. The zero-order chi connectivity index (χ0) is 15.2. The van der Waals surface area contributed by atoms with E-state index >= 15 is 0 Å². The van der Waals surface area contributed by atoms with Crippen LogP contribution in [0.15, 0.2) is 18.2 Å². The lowest BCUT2D eigenvalue weighted by Gasteiger charge is -2.28. The zero-order valence-corrected chi connectivity index (χ0v) is 13.8. The van der Waals surface area contributed by atoms with Crippen LogP contribution in [0.5, 0.6) is 0 Å². The van der Waals surface area contributed by atoms with Crippen LogP contribution in [0.1, 0.15) is 39.7 Å². The molecule has 2 N–H and O–H groups in total. The van der Waals surface area contributed by atoms with E-state index in [0.29, 0.717) is 0 Å². The molecule has 0 bridgehead atoms. The van der Waals surface area contributed by atoms with Crippen LogP contribution in [0.3, 0.4) is 0 Å². The third kappa shape index (κ3) is 5.31. The van der Waals surface area contributed by atoms with Crippen molar-refractivity contribution in [1.29, 1.82) is 0 Å². The average Bonchev–Trinajstić information content (AvgIpc) is 2.37. The molecule has 0 atom stereocenters. The van der Waals surface area contributed by atoms with Crippen LogP contribution < -0.4 is 10.2 Å². The first-order valence-electron chi connectivity index (χ1n) is 7.27. The number of aliphatic hydroxyl groups excluding tert-OH is 1. The van der Waals surface area contributed by atoms with Gasteiger partial charge in [-0.2, -0.15) is 0 Å². The van der Waals surface area contributed by atoms with Crippen molar-refractivity contribution in [2.24, 2.45) is 0 Å². The molecule has 0 saturated heterocycles. The fourth-order valence-electron chi connectivity index (χ4n) is 2.08. The van der Waals surface area contributed by atoms with Gasteiger partial charge in [-0.25, -0.2) is 0 Å². The normalized spacial score (nSPS) is 11.7. The summed E-state index contributed by atoms with van der Waals surface area (Å²) < 4.78 is 0. The number of benzene rings is 1. The second-order valence-electron chi connectivity index (χ2n) is 6.00. The lowest BCUT2D eigenvalue weighted by Crippen LogP contribution is -2.36. The largest absolute Gasteiger partial charge is 0.396 e. The monoisotopic (exact) mass is 298 g/mol. The third-order valence-corrected chi connectivity index (χ3v) is 3.55. The number of hydrogen-bond acceptors (Lipinski definition) is 3. The Hall–Kier alpha value is -0.770. The molecule has 0 aromatic heterocycles. The molecule has 1 aromatic rings. The summed E-state index contributed by atoms with van der Waals surface area (Å²) in [4.78, 5) is 2.27. The number of nitrogens with zero attached hydrogens (tertiary/aromatic N) is 1. The number of hydrogen-bond donors (Lipinski definition) is 2. The van der Waals surface area contributed by atoms with Crippen molar-refractivity contribution in [2.45, 2.75) is 46.2 Å². The van der Waals surface area contributed by atoms with E-state index in [0.717, 1.165) is 42.3 Å². The first-order valence-corrected chi connectivity index (χ1v) is 7.65. The van der Waals surface area contributed by atoms with E-state index in [1.807, 2.05) is 12.1 Å². The summed E-state index contributed by atoms with van der Waals surface area (Å²) in [6.07, 6.45) is 0.770. The second kappa shape index (κ2) is 7.87. The minimum Gasteiger partial charge on any atom is -0.396 e. The first-order chi connectivity index (χ1) is 9.39. The van der Waals surface area contributed by atoms with Gasteiger partial charge in [0.2, 0.25) is 0 Å². The predicted molar refractivity (Wildman–Crippen MR) is 87.6 cm³/mol. The van der Waals surface area contributed by atoms with Crippen LogP contribution in [-0.2, 0) is 6.54 Å². The van der Waals surface area contributed by atoms with E-state index < -0.39 is 0 Å². The smallest absolute Gasteiger partial charge is 0.0471 e. The number of nitrogens with one attached hydrogen (secondary N) is 1. The molecule has 0 saturated carbocycles. The predicted octanol–water partition coefficient (Wildman–Crippen LogP) is 3.44. The van der Waals surface area contributed by atoms with E-state index in [1.165, 1.54) is 0 Å². The molecule has 3 nitrogen and oxygen atoms in total. The molecule has 0 unspecified atom stereocenters. The van der Waals surface area contributed by atoms with Crippen molar-refractivity contribution in [3.8, 4) is 0 Å². The summed E-state index contributed by atoms with van der Waals surface area (Å²) in [5.74, 6) is 0. The Bertz CT molecular complexity index is 415. The fourth-order valence-corrected chi connectivity index (χ4v) is 2.32. The summed E-state index contributed by atoms with van der Waals surface area (Å²) >= 11 is 6.38. The molecule has 1 rings (SSSR count). The quantitative estimate of drug-likeness (QED) is 0.809. The van der Waals surface area contributed by atoms with Gasteiger partial charge in [-0.15, -0.1) is 0 Å². The van der Waals surface area contributed by atoms with Gasteiger partial charge in [-0.05, 0) is 46.2 Å². The van der Waals surface area contributed by atoms with Crippen LogP contribution in [0.2, 0.25) is 5.02 Å². The van der Waals surface area contributed by atoms with Gasteiger partial charge in [0.15, 0.2) is 0 Å². The molecular weight excluding hydrogens is 272 g/mol. The van der Waals surface area contributed by atoms with E-state index in [9.17, 15) is 0 Å². The first kappa shape index (κ1) is 17.3. The van der Waals surface area contributed by atoms with E-state index in [-0.39, 0.29) is 12.1 Å². The van der Waals surface area contributed by atoms with Crippen LogP contribution in [0.4, 0.5) is 5.69 Å². The molecule has 0 aliphatic heterocycles. The lowest BCUT2D eigenvalue weighted by atomic mass is 10.1. The maximum absolute atomic E-state index is 9.03. The molecule has 114 valence electrons. The highest BCUT2D eigenvalue weighted by molar-refractivity contribution is 6.31. The fraction of sp³-hybridized carbons (Fsp3) is 0.625. The Kier molecular flexibility index (Phi) is 6.80. The summed E-state index contributed by atoms with van der Waals surface area (Å²) in [7, 11) is 0. The highest BCUT2D eigenvalue weighted by atomic mass is 35.5. The minimum absolute atomic E-state index is 0.0542.